The summed E-state index contributed by atoms with van der Waals surface area (Å²) in [5, 5.41) is 0. The van der Waals surface area contributed by atoms with Crippen LogP contribution in [0.25, 0.3) is 0 Å². The maximum absolute atomic E-state index is 6.31. The molecule has 2 rings (SSSR count). The van der Waals surface area contributed by atoms with E-state index in [1.165, 1.54) is 19.3 Å². The number of hydrogen-bond donors (Lipinski definition) is 1. The van der Waals surface area contributed by atoms with Gasteiger partial charge in [-0.25, -0.2) is 0 Å². The first-order chi connectivity index (χ1) is 7.49. The van der Waals surface area contributed by atoms with Crippen LogP contribution in [-0.2, 0) is 4.74 Å². The minimum atomic E-state index is 0.355. The molecule has 3 nitrogen and oxygen atoms in total. The number of nitrogens with zero attached hydrogens (tertiary/aromatic N) is 1. The van der Waals surface area contributed by atoms with Crippen molar-refractivity contribution >= 4 is 0 Å². The fourth-order valence-corrected chi connectivity index (χ4v) is 3.17. The van der Waals surface area contributed by atoms with E-state index in [0.29, 0.717) is 23.5 Å². The lowest BCUT2D eigenvalue weighted by atomic mass is 9.72. The smallest absolute Gasteiger partial charge is 0.0619 e. The SMILES string of the molecule is CC1COCCN1C1CC(C)(C)CCC1N. The molecule has 3 unspecified atom stereocenters. The van der Waals surface area contributed by atoms with Gasteiger partial charge < -0.3 is 10.5 Å². The molecule has 0 aromatic rings. The van der Waals surface area contributed by atoms with Crippen LogP contribution >= 0.6 is 0 Å². The van der Waals surface area contributed by atoms with Crippen LogP contribution in [0.1, 0.15) is 40.0 Å². The average molecular weight is 226 g/mol. The van der Waals surface area contributed by atoms with Gasteiger partial charge in [-0.1, -0.05) is 13.8 Å². The van der Waals surface area contributed by atoms with Crippen molar-refractivity contribution < 1.29 is 4.74 Å². The summed E-state index contributed by atoms with van der Waals surface area (Å²) in [6.07, 6.45) is 3.67. The summed E-state index contributed by atoms with van der Waals surface area (Å²) in [6.45, 7) is 9.79. The van der Waals surface area contributed by atoms with E-state index in [4.69, 9.17) is 10.5 Å². The van der Waals surface area contributed by atoms with Gasteiger partial charge in [-0.3, -0.25) is 4.90 Å². The van der Waals surface area contributed by atoms with Crippen LogP contribution in [0.5, 0.6) is 0 Å². The van der Waals surface area contributed by atoms with Gasteiger partial charge in [-0.15, -0.1) is 0 Å². The van der Waals surface area contributed by atoms with Crippen LogP contribution in [0.3, 0.4) is 0 Å². The largest absolute Gasteiger partial charge is 0.379 e. The van der Waals surface area contributed by atoms with E-state index in [9.17, 15) is 0 Å². The zero-order chi connectivity index (χ0) is 11.8. The van der Waals surface area contributed by atoms with Crippen molar-refractivity contribution in [3.63, 3.8) is 0 Å². The first-order valence-corrected chi connectivity index (χ1v) is 6.59. The Labute approximate surface area is 99.3 Å². The molecular formula is C13H26N2O. The molecule has 94 valence electrons. The van der Waals surface area contributed by atoms with Gasteiger partial charge in [-0.2, -0.15) is 0 Å². The van der Waals surface area contributed by atoms with Gasteiger partial charge in [0.15, 0.2) is 0 Å². The van der Waals surface area contributed by atoms with Gasteiger partial charge in [0, 0.05) is 24.7 Å². The van der Waals surface area contributed by atoms with E-state index < -0.39 is 0 Å². The lowest BCUT2D eigenvalue weighted by Gasteiger charge is -2.48. The molecular weight excluding hydrogens is 200 g/mol. The highest BCUT2D eigenvalue weighted by Crippen LogP contribution is 2.37. The highest BCUT2D eigenvalue weighted by atomic mass is 16.5. The molecule has 2 N–H and O–H groups in total. The average Bonchev–Trinajstić information content (AvgIpc) is 2.23. The highest BCUT2D eigenvalue weighted by Gasteiger charge is 2.38. The van der Waals surface area contributed by atoms with Gasteiger partial charge in [0.2, 0.25) is 0 Å². The van der Waals surface area contributed by atoms with E-state index in [1.54, 1.807) is 0 Å². The first kappa shape index (κ1) is 12.3. The van der Waals surface area contributed by atoms with Crippen LogP contribution in [0, 0.1) is 5.41 Å². The summed E-state index contributed by atoms with van der Waals surface area (Å²) in [6, 6.07) is 1.44. The Morgan fingerprint density at radius 2 is 2.12 bits per heavy atom. The van der Waals surface area contributed by atoms with Crippen molar-refractivity contribution in [3.8, 4) is 0 Å². The zero-order valence-corrected chi connectivity index (χ0v) is 10.9. The predicted octanol–water partition coefficient (Wildman–Crippen LogP) is 1.61. The molecule has 0 aromatic heterocycles. The molecule has 1 aliphatic heterocycles. The molecule has 1 saturated carbocycles. The molecule has 2 fully saturated rings. The van der Waals surface area contributed by atoms with Gasteiger partial charge >= 0.3 is 0 Å². The Morgan fingerprint density at radius 3 is 2.81 bits per heavy atom. The molecule has 2 aliphatic rings. The fraction of sp³-hybridized carbons (Fsp3) is 1.00. The molecule has 1 saturated heterocycles. The second kappa shape index (κ2) is 4.63. The normalized spacial score (nSPS) is 40.9. The molecule has 3 heteroatoms. The van der Waals surface area contributed by atoms with Crippen molar-refractivity contribution in [1.82, 2.24) is 4.90 Å². The maximum atomic E-state index is 6.31. The molecule has 0 aromatic carbocycles. The molecule has 0 spiro atoms. The monoisotopic (exact) mass is 226 g/mol. The van der Waals surface area contributed by atoms with Gasteiger partial charge in [-0.05, 0) is 31.6 Å². The third-order valence-corrected chi connectivity index (χ3v) is 4.26. The highest BCUT2D eigenvalue weighted by molar-refractivity contribution is 4.94. The third kappa shape index (κ3) is 2.58. The molecule has 1 heterocycles. The summed E-state index contributed by atoms with van der Waals surface area (Å²) in [5.41, 5.74) is 6.77. The minimum Gasteiger partial charge on any atom is -0.379 e. The molecule has 16 heavy (non-hydrogen) atoms. The van der Waals surface area contributed by atoms with E-state index in [-0.39, 0.29) is 0 Å². The van der Waals surface area contributed by atoms with Gasteiger partial charge in [0.25, 0.3) is 0 Å². The zero-order valence-electron chi connectivity index (χ0n) is 10.9. The quantitative estimate of drug-likeness (QED) is 0.738. The van der Waals surface area contributed by atoms with E-state index in [0.717, 1.165) is 19.8 Å². The first-order valence-electron chi connectivity index (χ1n) is 6.59. The summed E-state index contributed by atoms with van der Waals surface area (Å²) in [7, 11) is 0. The number of hydrogen-bond acceptors (Lipinski definition) is 3. The lowest BCUT2D eigenvalue weighted by Crippen LogP contribution is -2.58. The predicted molar refractivity (Wildman–Crippen MR) is 66.4 cm³/mol. The summed E-state index contributed by atoms with van der Waals surface area (Å²) in [4.78, 5) is 2.58. The number of morpholine rings is 1. The van der Waals surface area contributed by atoms with Gasteiger partial charge in [0.1, 0.15) is 0 Å². The summed E-state index contributed by atoms with van der Waals surface area (Å²) >= 11 is 0. The standard InChI is InChI=1S/C13H26N2O/c1-10-9-16-7-6-15(10)12-8-13(2,3)5-4-11(12)14/h10-12H,4-9,14H2,1-3H3. The molecule has 0 bridgehead atoms. The Kier molecular flexibility index (Phi) is 3.57. The van der Waals surface area contributed by atoms with E-state index in [2.05, 4.69) is 25.7 Å². The Hall–Kier alpha value is -0.120. The van der Waals surface area contributed by atoms with Crippen LogP contribution < -0.4 is 5.73 Å². The van der Waals surface area contributed by atoms with Crippen molar-refractivity contribution in [2.75, 3.05) is 19.8 Å². The van der Waals surface area contributed by atoms with E-state index >= 15 is 0 Å². The number of nitrogens with two attached hydrogens (primary N) is 1. The Balaban J connectivity index is 2.05. The molecule has 1 aliphatic carbocycles. The van der Waals surface area contributed by atoms with Crippen molar-refractivity contribution in [2.24, 2.45) is 11.1 Å². The van der Waals surface area contributed by atoms with Crippen LogP contribution in [0.4, 0.5) is 0 Å². The van der Waals surface area contributed by atoms with Crippen molar-refractivity contribution in [2.45, 2.75) is 58.2 Å². The van der Waals surface area contributed by atoms with Crippen LogP contribution in [-0.4, -0.2) is 42.8 Å². The van der Waals surface area contributed by atoms with Crippen LogP contribution in [0.2, 0.25) is 0 Å². The minimum absolute atomic E-state index is 0.355. The molecule has 0 radical (unpaired) electrons. The van der Waals surface area contributed by atoms with Crippen molar-refractivity contribution in [3.05, 3.63) is 0 Å². The topological polar surface area (TPSA) is 38.5 Å². The number of ether oxygens (including phenoxy) is 1. The second-order valence-electron chi connectivity index (χ2n) is 6.30. The van der Waals surface area contributed by atoms with E-state index in [1.807, 2.05) is 0 Å². The lowest BCUT2D eigenvalue weighted by molar-refractivity contribution is -0.0456. The second-order valence-corrected chi connectivity index (χ2v) is 6.30. The summed E-state index contributed by atoms with van der Waals surface area (Å²) in [5.74, 6) is 0. The van der Waals surface area contributed by atoms with Crippen molar-refractivity contribution in [1.29, 1.82) is 0 Å². The molecule has 0 amide bonds. The molecule has 3 atom stereocenters. The Bertz CT molecular complexity index is 242. The maximum Gasteiger partial charge on any atom is 0.0619 e. The fourth-order valence-electron chi connectivity index (χ4n) is 3.17. The Morgan fingerprint density at radius 1 is 1.38 bits per heavy atom. The van der Waals surface area contributed by atoms with Gasteiger partial charge in [0.05, 0.1) is 13.2 Å². The number of rotatable bonds is 1. The van der Waals surface area contributed by atoms with Crippen LogP contribution in [0.15, 0.2) is 0 Å². The third-order valence-electron chi connectivity index (χ3n) is 4.26. The summed E-state index contributed by atoms with van der Waals surface area (Å²) < 4.78 is 5.51.